The molecular formula is C28H24N6+2. The highest BCUT2D eigenvalue weighted by Crippen LogP contribution is 2.19. The number of pyridine rings is 2. The zero-order valence-electron chi connectivity index (χ0n) is 18.6. The molecule has 0 bridgehead atoms. The molecule has 2 aromatic carbocycles. The van der Waals surface area contributed by atoms with E-state index in [0.717, 1.165) is 23.7 Å². The van der Waals surface area contributed by atoms with Gasteiger partial charge < -0.3 is 14.8 Å². The lowest BCUT2D eigenvalue weighted by Crippen LogP contribution is -2.29. The summed E-state index contributed by atoms with van der Waals surface area (Å²) in [7, 11) is 0. The summed E-state index contributed by atoms with van der Waals surface area (Å²) < 4.78 is 6.25. The van der Waals surface area contributed by atoms with Crippen molar-refractivity contribution in [3.63, 3.8) is 0 Å². The van der Waals surface area contributed by atoms with Crippen LogP contribution in [0.3, 0.4) is 0 Å². The molecule has 6 nitrogen and oxygen atoms in total. The van der Waals surface area contributed by atoms with Crippen LogP contribution in [-0.4, -0.2) is 16.2 Å². The average Bonchev–Trinajstić information content (AvgIpc) is 3.65. The van der Waals surface area contributed by atoms with E-state index < -0.39 is 0 Å². The molecule has 0 atom stereocenters. The van der Waals surface area contributed by atoms with Gasteiger partial charge in [0.05, 0.1) is 13.0 Å². The van der Waals surface area contributed by atoms with Crippen LogP contribution in [0.2, 0.25) is 0 Å². The van der Waals surface area contributed by atoms with Crippen molar-refractivity contribution >= 4 is 5.69 Å². The number of anilines is 1. The summed E-state index contributed by atoms with van der Waals surface area (Å²) >= 11 is 0. The molecule has 0 radical (unpaired) electrons. The van der Waals surface area contributed by atoms with Crippen LogP contribution in [0.4, 0.5) is 5.69 Å². The molecular weight excluding hydrogens is 420 g/mol. The third-order valence-corrected chi connectivity index (χ3v) is 6.06. The predicted molar refractivity (Wildman–Crippen MR) is 132 cm³/mol. The number of hydrogen-bond acceptors (Lipinski definition) is 3. The fourth-order valence-electron chi connectivity index (χ4n) is 4.13. The van der Waals surface area contributed by atoms with E-state index in [4.69, 9.17) is 0 Å². The van der Waals surface area contributed by atoms with Crippen molar-refractivity contribution in [3.8, 4) is 28.2 Å². The Hall–Kier alpha value is -4.71. The molecule has 0 saturated heterocycles. The second-order valence-corrected chi connectivity index (χ2v) is 8.14. The first-order valence-corrected chi connectivity index (χ1v) is 11.2. The first kappa shape index (κ1) is 19.9. The number of rotatable bonds is 5. The number of hydrogen-bond donors (Lipinski definition) is 1. The van der Waals surface area contributed by atoms with Crippen molar-refractivity contribution in [2.75, 3.05) is 11.6 Å². The van der Waals surface area contributed by atoms with Crippen LogP contribution in [0, 0.1) is 0 Å². The maximum Gasteiger partial charge on any atom is 0.210 e. The minimum absolute atomic E-state index is 0.815. The highest BCUT2D eigenvalue weighted by Gasteiger charge is 2.11. The van der Waals surface area contributed by atoms with E-state index in [1.807, 2.05) is 17.0 Å². The van der Waals surface area contributed by atoms with Gasteiger partial charge in [-0.2, -0.15) is 9.13 Å². The number of benzene rings is 2. The Morgan fingerprint density at radius 1 is 0.676 bits per heavy atom. The van der Waals surface area contributed by atoms with E-state index in [1.165, 1.54) is 16.8 Å². The lowest BCUT2D eigenvalue weighted by molar-refractivity contribution is -0.596. The van der Waals surface area contributed by atoms with E-state index in [-0.39, 0.29) is 0 Å². The second-order valence-electron chi connectivity index (χ2n) is 8.14. The molecule has 0 aliphatic carbocycles. The molecule has 0 unspecified atom stereocenters. The highest BCUT2D eigenvalue weighted by molar-refractivity contribution is 5.61. The Balaban J connectivity index is 1.17. The molecule has 3 aromatic heterocycles. The summed E-state index contributed by atoms with van der Waals surface area (Å²) in [4.78, 5) is 6.28. The Labute approximate surface area is 198 Å². The molecule has 6 rings (SSSR count). The average molecular weight is 445 g/mol. The van der Waals surface area contributed by atoms with Gasteiger partial charge in [-0.3, -0.25) is 0 Å². The molecule has 4 heterocycles. The third-order valence-electron chi connectivity index (χ3n) is 6.06. The fourth-order valence-corrected chi connectivity index (χ4v) is 4.13. The molecule has 34 heavy (non-hydrogen) atoms. The summed E-state index contributed by atoms with van der Waals surface area (Å²) in [5.74, 6) is 0. The zero-order chi connectivity index (χ0) is 22.7. The monoisotopic (exact) mass is 444 g/mol. The Bertz CT molecular complexity index is 1400. The predicted octanol–water partition coefficient (Wildman–Crippen LogP) is 3.93. The molecule has 5 aromatic rings. The van der Waals surface area contributed by atoms with Crippen molar-refractivity contribution in [1.82, 2.24) is 14.9 Å². The van der Waals surface area contributed by atoms with Gasteiger partial charge in [0.2, 0.25) is 11.4 Å². The van der Waals surface area contributed by atoms with Crippen molar-refractivity contribution in [3.05, 3.63) is 129 Å². The fraction of sp³-hybridized carbons (Fsp3) is 0.0357. The number of imidazole rings is 1. The summed E-state index contributed by atoms with van der Waals surface area (Å²) in [6.07, 6.45) is 18.0. The first-order valence-electron chi connectivity index (χ1n) is 11.2. The Kier molecular flexibility index (Phi) is 5.09. The normalized spacial score (nSPS) is 12.6. The molecule has 0 spiro atoms. The summed E-state index contributed by atoms with van der Waals surface area (Å²) in [5.41, 5.74) is 6.89. The molecule has 164 valence electrons. The van der Waals surface area contributed by atoms with Crippen LogP contribution in [0.5, 0.6) is 0 Å². The largest absolute Gasteiger partial charge is 0.372 e. The summed E-state index contributed by atoms with van der Waals surface area (Å²) in [6.45, 7) is 0.815. The van der Waals surface area contributed by atoms with Crippen LogP contribution < -0.4 is 19.4 Å². The number of aromatic nitrogens is 4. The molecule has 6 heteroatoms. The minimum Gasteiger partial charge on any atom is -0.372 e. The SMILES string of the molecule is C1=CN(c2ccc(-[n+]3ccc(-c4cc[n+](-c5ccc(-n6ccnc6)cc5)cc4)cc3)cc2)CN1. The third kappa shape index (κ3) is 3.93. The van der Waals surface area contributed by atoms with Crippen molar-refractivity contribution < 1.29 is 9.13 Å². The Morgan fingerprint density at radius 2 is 1.24 bits per heavy atom. The van der Waals surface area contributed by atoms with E-state index in [9.17, 15) is 0 Å². The smallest absolute Gasteiger partial charge is 0.210 e. The number of nitrogens with zero attached hydrogens (tertiary/aromatic N) is 5. The maximum absolute atomic E-state index is 4.11. The Morgan fingerprint density at radius 3 is 1.71 bits per heavy atom. The lowest BCUT2D eigenvalue weighted by atomic mass is 10.1. The van der Waals surface area contributed by atoms with Gasteiger partial charge in [0.1, 0.15) is 0 Å². The van der Waals surface area contributed by atoms with E-state index in [0.29, 0.717) is 0 Å². The van der Waals surface area contributed by atoms with Crippen LogP contribution in [0.25, 0.3) is 28.2 Å². The zero-order valence-corrected chi connectivity index (χ0v) is 18.6. The van der Waals surface area contributed by atoms with Gasteiger partial charge in [0.25, 0.3) is 0 Å². The van der Waals surface area contributed by atoms with Gasteiger partial charge in [-0.05, 0) is 35.4 Å². The molecule has 0 amide bonds. The standard InChI is InChI=1S/C28H23N6/c1-5-27(33-19-13-29-21-33)6-2-25(1)31-15-9-23(10-16-31)24-11-17-32(18-12-24)26-3-7-28(8-4-26)34-20-14-30-22-34/h1-21H,22H2/q+1/p+1. The van der Waals surface area contributed by atoms with Gasteiger partial charge in [0.15, 0.2) is 24.8 Å². The molecule has 1 aliphatic rings. The number of nitrogens with one attached hydrogen (secondary N) is 1. The van der Waals surface area contributed by atoms with Crippen LogP contribution >= 0.6 is 0 Å². The van der Waals surface area contributed by atoms with Crippen LogP contribution in [0.15, 0.2) is 129 Å². The highest BCUT2D eigenvalue weighted by atomic mass is 15.2. The quantitative estimate of drug-likeness (QED) is 0.418. The first-order chi connectivity index (χ1) is 16.8. The summed E-state index contributed by atoms with van der Waals surface area (Å²) in [5, 5.41) is 3.19. The minimum atomic E-state index is 0.815. The van der Waals surface area contributed by atoms with Gasteiger partial charge in [-0.25, -0.2) is 4.98 Å². The summed E-state index contributed by atoms with van der Waals surface area (Å²) in [6, 6.07) is 25.6. The van der Waals surface area contributed by atoms with Gasteiger partial charge in [0, 0.05) is 84.7 Å². The maximum atomic E-state index is 4.11. The second kappa shape index (κ2) is 8.67. The molecule has 0 saturated carbocycles. The van der Waals surface area contributed by atoms with Crippen LogP contribution in [-0.2, 0) is 0 Å². The van der Waals surface area contributed by atoms with Gasteiger partial charge in [-0.15, -0.1) is 0 Å². The van der Waals surface area contributed by atoms with Crippen molar-refractivity contribution in [2.24, 2.45) is 0 Å². The van der Waals surface area contributed by atoms with Gasteiger partial charge >= 0.3 is 0 Å². The molecule has 1 aliphatic heterocycles. The van der Waals surface area contributed by atoms with Gasteiger partial charge in [-0.1, -0.05) is 0 Å². The van der Waals surface area contributed by atoms with E-state index in [2.05, 4.69) is 128 Å². The van der Waals surface area contributed by atoms with E-state index in [1.54, 1.807) is 12.5 Å². The molecule has 1 N–H and O–H groups in total. The van der Waals surface area contributed by atoms with Crippen molar-refractivity contribution in [2.45, 2.75) is 0 Å². The van der Waals surface area contributed by atoms with Crippen molar-refractivity contribution in [1.29, 1.82) is 0 Å². The lowest BCUT2D eigenvalue weighted by Gasteiger charge is -2.14. The molecule has 0 fully saturated rings. The topological polar surface area (TPSA) is 40.9 Å². The van der Waals surface area contributed by atoms with Crippen LogP contribution in [0.1, 0.15) is 0 Å². The van der Waals surface area contributed by atoms with E-state index >= 15 is 0 Å².